The summed E-state index contributed by atoms with van der Waals surface area (Å²) in [5.74, 6) is 1.37. The number of hydrogen-bond acceptors (Lipinski definition) is 4. The molecule has 3 heterocycles. The minimum atomic E-state index is -0.174. The van der Waals surface area contributed by atoms with Crippen LogP contribution in [0.3, 0.4) is 0 Å². The number of benzene rings is 1. The Labute approximate surface area is 135 Å². The molecule has 1 N–H and O–H groups in total. The molecule has 0 amide bonds. The minimum Gasteiger partial charge on any atom is -0.449 e. The van der Waals surface area contributed by atoms with Crippen molar-refractivity contribution in [3.63, 3.8) is 0 Å². The van der Waals surface area contributed by atoms with Crippen molar-refractivity contribution in [3.05, 3.63) is 34.4 Å². The molecule has 1 fully saturated rings. The van der Waals surface area contributed by atoms with Crippen LogP contribution in [0.25, 0.3) is 22.1 Å². The van der Waals surface area contributed by atoms with Crippen molar-refractivity contribution in [2.75, 3.05) is 20.1 Å². The van der Waals surface area contributed by atoms with E-state index < -0.39 is 0 Å². The maximum absolute atomic E-state index is 12.4. The molecule has 1 aliphatic rings. The molecule has 5 nitrogen and oxygen atoms in total. The highest BCUT2D eigenvalue weighted by molar-refractivity contribution is 6.33. The van der Waals surface area contributed by atoms with Gasteiger partial charge < -0.3 is 14.3 Å². The number of furan rings is 1. The van der Waals surface area contributed by atoms with Gasteiger partial charge in [-0.2, -0.15) is 0 Å². The van der Waals surface area contributed by atoms with Crippen LogP contribution >= 0.6 is 0 Å². The second-order valence-electron chi connectivity index (χ2n) is 6.74. The molecule has 0 spiro atoms. The Morgan fingerprint density at radius 2 is 2.17 bits per heavy atom. The predicted molar refractivity (Wildman–Crippen MR) is 94.2 cm³/mol. The Hall–Kier alpha value is -2.08. The molecule has 0 radical (unpaired) electrons. The van der Waals surface area contributed by atoms with E-state index in [2.05, 4.69) is 16.9 Å². The van der Waals surface area contributed by atoms with Gasteiger partial charge in [-0.1, -0.05) is 17.6 Å². The van der Waals surface area contributed by atoms with E-state index in [0.717, 1.165) is 54.6 Å². The highest BCUT2D eigenvalue weighted by Crippen LogP contribution is 2.25. The van der Waals surface area contributed by atoms with E-state index in [0.29, 0.717) is 17.0 Å². The van der Waals surface area contributed by atoms with Gasteiger partial charge in [0, 0.05) is 11.8 Å². The Morgan fingerprint density at radius 1 is 1.39 bits per heavy atom. The van der Waals surface area contributed by atoms with Crippen molar-refractivity contribution in [1.29, 1.82) is 0 Å². The van der Waals surface area contributed by atoms with Crippen LogP contribution in [0.4, 0.5) is 0 Å². The SMILES string of the molecule is Bc1ccc2oc3c(=O)[nH]c(CC4CCN(C)CC4)nc3c2c1. The fourth-order valence-electron chi connectivity index (χ4n) is 3.45. The predicted octanol–water partition coefficient (Wildman–Crippen LogP) is 0.812. The van der Waals surface area contributed by atoms with Crippen molar-refractivity contribution < 1.29 is 4.42 Å². The van der Waals surface area contributed by atoms with Gasteiger partial charge in [-0.15, -0.1) is 0 Å². The Bertz CT molecular complexity index is 923. The van der Waals surface area contributed by atoms with Gasteiger partial charge in [-0.05, 0) is 45.0 Å². The number of nitrogens with one attached hydrogen (secondary N) is 1. The van der Waals surface area contributed by atoms with Crippen LogP contribution in [0.2, 0.25) is 0 Å². The normalized spacial score (nSPS) is 17.3. The molecule has 118 valence electrons. The number of fused-ring (bicyclic) bond motifs is 3. The van der Waals surface area contributed by atoms with Crippen LogP contribution < -0.4 is 11.0 Å². The van der Waals surface area contributed by atoms with Crippen LogP contribution in [0, 0.1) is 5.92 Å². The number of rotatable bonds is 2. The molecular formula is C17H20BN3O2. The first-order valence-electron chi connectivity index (χ1n) is 8.21. The van der Waals surface area contributed by atoms with Crippen LogP contribution in [0.15, 0.2) is 27.4 Å². The summed E-state index contributed by atoms with van der Waals surface area (Å²) in [6.07, 6.45) is 3.14. The van der Waals surface area contributed by atoms with Crippen molar-refractivity contribution >= 4 is 35.4 Å². The lowest BCUT2D eigenvalue weighted by atomic mass is 9.93. The van der Waals surface area contributed by atoms with Crippen LogP contribution in [-0.2, 0) is 6.42 Å². The lowest BCUT2D eigenvalue weighted by Crippen LogP contribution is -2.31. The molecule has 1 aliphatic heterocycles. The first-order valence-corrected chi connectivity index (χ1v) is 8.21. The van der Waals surface area contributed by atoms with Crippen molar-refractivity contribution in [1.82, 2.24) is 14.9 Å². The van der Waals surface area contributed by atoms with Crippen LogP contribution in [0.1, 0.15) is 18.7 Å². The van der Waals surface area contributed by atoms with Gasteiger partial charge in [0.05, 0.1) is 0 Å². The average Bonchev–Trinajstić information content (AvgIpc) is 2.88. The first-order chi connectivity index (χ1) is 11.1. The molecule has 0 unspecified atom stereocenters. The average molecular weight is 309 g/mol. The summed E-state index contributed by atoms with van der Waals surface area (Å²) in [5.41, 5.74) is 2.71. The van der Waals surface area contributed by atoms with Crippen LogP contribution in [-0.4, -0.2) is 42.9 Å². The van der Waals surface area contributed by atoms with E-state index in [9.17, 15) is 4.79 Å². The third-order valence-corrected chi connectivity index (χ3v) is 4.85. The Morgan fingerprint density at radius 3 is 2.96 bits per heavy atom. The van der Waals surface area contributed by atoms with Crippen molar-refractivity contribution in [2.24, 2.45) is 5.92 Å². The maximum atomic E-state index is 12.4. The van der Waals surface area contributed by atoms with E-state index in [-0.39, 0.29) is 5.56 Å². The lowest BCUT2D eigenvalue weighted by molar-refractivity contribution is 0.217. The number of hydrogen-bond donors (Lipinski definition) is 1. The molecule has 3 aromatic rings. The number of piperidine rings is 1. The molecule has 0 saturated carbocycles. The first kappa shape index (κ1) is 14.5. The minimum absolute atomic E-state index is 0.174. The molecule has 0 atom stereocenters. The van der Waals surface area contributed by atoms with Gasteiger partial charge in [0.25, 0.3) is 5.56 Å². The van der Waals surface area contributed by atoms with Crippen molar-refractivity contribution in [2.45, 2.75) is 19.3 Å². The molecule has 2 aromatic heterocycles. The molecule has 23 heavy (non-hydrogen) atoms. The van der Waals surface area contributed by atoms with E-state index in [1.165, 1.54) is 0 Å². The smallest absolute Gasteiger partial charge is 0.294 e. The van der Waals surface area contributed by atoms with E-state index in [1.807, 2.05) is 26.0 Å². The molecule has 0 bridgehead atoms. The summed E-state index contributed by atoms with van der Waals surface area (Å²) in [6, 6.07) is 5.92. The van der Waals surface area contributed by atoms with Gasteiger partial charge >= 0.3 is 0 Å². The Kier molecular flexibility index (Phi) is 3.49. The fraction of sp³-hybridized carbons (Fsp3) is 0.412. The number of aromatic nitrogens is 2. The topological polar surface area (TPSA) is 62.1 Å². The molecule has 0 aliphatic carbocycles. The lowest BCUT2D eigenvalue weighted by Gasteiger charge is -2.28. The van der Waals surface area contributed by atoms with Gasteiger partial charge in [-0.25, -0.2) is 4.98 Å². The Balaban J connectivity index is 1.75. The zero-order valence-electron chi connectivity index (χ0n) is 13.6. The zero-order chi connectivity index (χ0) is 16.0. The quantitative estimate of drug-likeness (QED) is 0.712. The highest BCUT2D eigenvalue weighted by Gasteiger charge is 2.19. The number of likely N-dealkylation sites (tertiary alicyclic amines) is 1. The molecular weight excluding hydrogens is 289 g/mol. The van der Waals surface area contributed by atoms with Gasteiger partial charge in [0.1, 0.15) is 24.8 Å². The van der Waals surface area contributed by atoms with Gasteiger partial charge in [-0.3, -0.25) is 4.79 Å². The van der Waals surface area contributed by atoms with Gasteiger partial charge in [0.15, 0.2) is 0 Å². The van der Waals surface area contributed by atoms with E-state index in [4.69, 9.17) is 9.40 Å². The summed E-state index contributed by atoms with van der Waals surface area (Å²) < 4.78 is 5.68. The third kappa shape index (κ3) is 2.67. The summed E-state index contributed by atoms with van der Waals surface area (Å²) in [6.45, 7) is 2.23. The monoisotopic (exact) mass is 309 g/mol. The maximum Gasteiger partial charge on any atom is 0.294 e. The van der Waals surface area contributed by atoms with Crippen molar-refractivity contribution in [3.8, 4) is 0 Å². The summed E-state index contributed by atoms with van der Waals surface area (Å²) in [4.78, 5) is 22.3. The van der Waals surface area contributed by atoms with Crippen LogP contribution in [0.5, 0.6) is 0 Å². The van der Waals surface area contributed by atoms with E-state index >= 15 is 0 Å². The summed E-state index contributed by atoms with van der Waals surface area (Å²) in [7, 11) is 4.19. The highest BCUT2D eigenvalue weighted by atomic mass is 16.3. The fourth-order valence-corrected chi connectivity index (χ4v) is 3.45. The molecule has 4 rings (SSSR count). The largest absolute Gasteiger partial charge is 0.449 e. The van der Waals surface area contributed by atoms with Gasteiger partial charge in [0.2, 0.25) is 5.58 Å². The molecule has 1 aromatic carbocycles. The zero-order valence-corrected chi connectivity index (χ0v) is 13.6. The number of H-pyrrole nitrogens is 1. The molecule has 6 heteroatoms. The summed E-state index contributed by atoms with van der Waals surface area (Å²) in [5, 5.41) is 0.927. The summed E-state index contributed by atoms with van der Waals surface area (Å²) >= 11 is 0. The third-order valence-electron chi connectivity index (χ3n) is 4.85. The van der Waals surface area contributed by atoms with E-state index in [1.54, 1.807) is 0 Å². The number of nitrogens with zero attached hydrogens (tertiary/aromatic N) is 2. The second kappa shape index (κ2) is 5.53. The molecule has 1 saturated heterocycles. The second-order valence-corrected chi connectivity index (χ2v) is 6.74. The number of aromatic amines is 1. The standard InChI is InChI=1S/C17H20BN3O2/c1-21-6-4-10(5-7-21)8-14-19-15-12-9-11(18)2-3-13(12)23-16(15)17(22)20-14/h2-3,9-10H,4-8,18H2,1H3,(H,19,20,22).